The predicted molar refractivity (Wildman–Crippen MR) is 394 cm³/mol. The number of amides is 1. The maximum atomic E-state index is 12.3. The molecule has 0 radical (unpaired) electrons. The highest BCUT2D eigenvalue weighted by atomic mass is 79.9. The molecule has 4 aromatic carbocycles. The number of carbonyl (C=O) groups excluding carboxylic acids is 2. The van der Waals surface area contributed by atoms with E-state index in [0.29, 0.717) is 29.8 Å². The number of benzene rings is 4. The molecule has 4 aromatic heterocycles. The number of nitrogen functional groups attached to an aromatic ring is 2. The minimum atomic E-state index is -4.67. The van der Waals surface area contributed by atoms with Crippen molar-refractivity contribution in [3.05, 3.63) is 203 Å². The molecule has 1 amide bonds. The fourth-order valence-electron chi connectivity index (χ4n) is 10.1. The first-order valence-electron chi connectivity index (χ1n) is 31.0. The number of anilines is 4. The smallest absolute Gasteiger partial charge is 0.496 e. The molecule has 4 aliphatic carbocycles. The van der Waals surface area contributed by atoms with Gasteiger partial charge in [-0.3, -0.25) is 28.3 Å². The number of hydrogen-bond donors (Lipinski definition) is 5. The molecule has 0 bridgehead atoms. The average molecular weight is 1540 g/mol. The van der Waals surface area contributed by atoms with E-state index in [1.165, 1.54) is 61.4 Å². The van der Waals surface area contributed by atoms with Gasteiger partial charge in [-0.15, -0.1) is 0 Å². The minimum absolute atomic E-state index is 0.0273. The van der Waals surface area contributed by atoms with Gasteiger partial charge in [0.05, 0.1) is 49.0 Å². The Labute approximate surface area is 590 Å². The number of pyridine rings is 4. The summed E-state index contributed by atoms with van der Waals surface area (Å²) in [5.74, 6) is 0.984. The third-order valence-corrected chi connectivity index (χ3v) is 19.1. The minimum Gasteiger partial charge on any atom is -0.504 e. The second-order valence-corrected chi connectivity index (χ2v) is 28.2. The van der Waals surface area contributed by atoms with Gasteiger partial charge in [-0.25, -0.2) is 9.97 Å². The molecule has 13 rings (SSSR count). The number of rotatable bonds is 12. The van der Waals surface area contributed by atoms with Gasteiger partial charge in [0, 0.05) is 96.7 Å². The van der Waals surface area contributed by atoms with Gasteiger partial charge in [0.25, 0.3) is 17.0 Å². The van der Waals surface area contributed by atoms with Crippen LogP contribution in [0.5, 0.6) is 0 Å². The molecular weight excluding hydrogens is 1460 g/mol. The predicted octanol–water partition coefficient (Wildman–Crippen LogP) is 14.7. The van der Waals surface area contributed by atoms with Crippen LogP contribution in [0.3, 0.4) is 0 Å². The lowest BCUT2D eigenvalue weighted by atomic mass is 9.80. The first kappa shape index (κ1) is 76.2. The van der Waals surface area contributed by atoms with Crippen LogP contribution in [0.2, 0.25) is 0 Å². The van der Waals surface area contributed by atoms with E-state index in [0.717, 1.165) is 120 Å². The molecular formula is C70H81BBr3ClN8O12S. The van der Waals surface area contributed by atoms with Crippen LogP contribution in [0.25, 0.3) is 32.9 Å². The van der Waals surface area contributed by atoms with Crippen LogP contribution in [-0.4, -0.2) is 92.4 Å². The van der Waals surface area contributed by atoms with E-state index in [1.807, 2.05) is 97.2 Å². The number of carbonyl (C=O) groups is 2. The Bertz CT molecular complexity index is 4330. The average Bonchev–Trinajstić information content (AvgIpc) is 1.29. The standard InChI is InChI=1S/C18H17N3O.C14H16BrNO2.C13H12BrNO.C11H17BN2O2.C10H12BrN.C4H5ClO2.H2O4S/c1-11-15(13-3-8-16(19)20-10-13)7-2-12-4-9-17(22)21(18(11)12)14-5-6-14;1-10-12(15)4-3-5-13(10)16(11-6-7-11)14(17)8-9-18-2;1-8-11(14)6-2-9-3-7-12(16)15(13(8)9)10-4-5-10;1-10(2)11(3,4)16-12(15-10)8-5-6-9(13)14-7-8;1-7-9(11)3-2-4-10(7)12-8-5-6-8;1-7-3-2-4(5)6;1-5(2,3)4/h2-4,7-10,14H,5-6H2,1H3,(H2,19,20);3-5,8-9,11H,6-7H2,1-2H3;2-3,6-7,10H,4-5H2,1H3;5-7H,1-4H3,(H2,13,14);2-4,8,12H,5-6H2,1H3;2-3H,1H3;(H2,1,2,3,4)/b;9-8+;;;;3-2+;. The monoisotopic (exact) mass is 1540 g/mol. The summed E-state index contributed by atoms with van der Waals surface area (Å²) in [5, 5.41) is 5.22. The van der Waals surface area contributed by atoms with Gasteiger partial charge < -0.3 is 49.6 Å². The quantitative estimate of drug-likeness (QED) is 0.0250. The Balaban J connectivity index is 0.000000164. The van der Waals surface area contributed by atoms with Gasteiger partial charge in [-0.05, 0) is 218 Å². The van der Waals surface area contributed by atoms with Crippen LogP contribution in [0.15, 0.2) is 169 Å². The van der Waals surface area contributed by atoms with Crippen LogP contribution in [0.1, 0.15) is 113 Å². The van der Waals surface area contributed by atoms with E-state index < -0.39 is 15.6 Å². The second-order valence-electron chi connectivity index (χ2n) is 24.4. The maximum absolute atomic E-state index is 12.3. The van der Waals surface area contributed by atoms with Gasteiger partial charge >= 0.3 is 17.5 Å². The highest BCUT2D eigenvalue weighted by molar-refractivity contribution is 9.11. The van der Waals surface area contributed by atoms with Crippen molar-refractivity contribution in [2.24, 2.45) is 0 Å². The summed E-state index contributed by atoms with van der Waals surface area (Å²) in [6, 6.07) is 36.9. The maximum Gasteiger partial charge on any atom is 0.496 e. The van der Waals surface area contributed by atoms with Crippen LogP contribution in [0, 0.1) is 27.7 Å². The molecule has 5 aliphatic rings. The summed E-state index contributed by atoms with van der Waals surface area (Å²) in [6.07, 6.45) is 17.9. The number of halogens is 4. The lowest BCUT2D eigenvalue weighted by Gasteiger charge is -2.32. The van der Waals surface area contributed by atoms with Crippen molar-refractivity contribution in [2.45, 2.75) is 142 Å². The summed E-state index contributed by atoms with van der Waals surface area (Å²) in [7, 11) is -2.05. The molecule has 1 aliphatic heterocycles. The van der Waals surface area contributed by atoms with Crippen molar-refractivity contribution in [1.29, 1.82) is 0 Å². The molecule has 8 aromatic rings. The van der Waals surface area contributed by atoms with Crippen molar-refractivity contribution < 1.29 is 45.9 Å². The van der Waals surface area contributed by atoms with Gasteiger partial charge in [-0.1, -0.05) is 84.2 Å². The van der Waals surface area contributed by atoms with Crippen LogP contribution in [0.4, 0.5) is 23.0 Å². The van der Waals surface area contributed by atoms with Gasteiger partial charge in [0.2, 0.25) is 5.24 Å². The highest BCUT2D eigenvalue weighted by Gasteiger charge is 2.52. The van der Waals surface area contributed by atoms with E-state index in [1.54, 1.807) is 36.7 Å². The zero-order valence-corrected chi connectivity index (χ0v) is 61.5. The molecule has 510 valence electrons. The van der Waals surface area contributed by atoms with Gasteiger partial charge in [-0.2, -0.15) is 8.42 Å². The Hall–Kier alpha value is -7.20. The Morgan fingerprint density at radius 1 is 0.646 bits per heavy atom. The molecule has 96 heavy (non-hydrogen) atoms. The molecule has 1 saturated heterocycles. The molecule has 5 fully saturated rings. The summed E-state index contributed by atoms with van der Waals surface area (Å²) in [4.78, 5) is 56.3. The summed E-state index contributed by atoms with van der Waals surface area (Å²) in [5.41, 5.74) is 22.8. The molecule has 4 saturated carbocycles. The Morgan fingerprint density at radius 3 is 1.59 bits per heavy atom. The van der Waals surface area contributed by atoms with Crippen molar-refractivity contribution in [2.75, 3.05) is 35.9 Å². The molecule has 5 heterocycles. The number of hydrogen-bond acceptors (Lipinski definition) is 15. The molecule has 26 heteroatoms. The largest absolute Gasteiger partial charge is 0.504 e. The zero-order valence-electron chi connectivity index (χ0n) is 55.2. The Morgan fingerprint density at radius 2 is 1.12 bits per heavy atom. The highest BCUT2D eigenvalue weighted by Crippen LogP contribution is 2.41. The zero-order chi connectivity index (χ0) is 70.4. The number of aryl methyl sites for hydroxylation is 2. The van der Waals surface area contributed by atoms with Crippen LogP contribution in [-0.2, 0) is 38.8 Å². The SMILES string of the molecule is CC1(C)OB(c2ccc(N)nc2)OC1(C)C.CO/C=C/C(=O)Cl.CO/C=C/C(=O)N(c1cccc(Br)c1C)C1CC1.Cc1c(-c2ccc(N)nc2)ccc2ccc(=O)n(C3CC3)c12.Cc1c(Br)ccc2ccc(=O)n(C3CC3)c12.Cc1c(Br)cccc1NC1CC1.O=S(=O)(O)O. The fourth-order valence-corrected chi connectivity index (χ4v) is 11.2. The number of nitrogens with two attached hydrogens (primary N) is 2. The van der Waals surface area contributed by atoms with Crippen LogP contribution < -0.4 is 38.3 Å². The molecule has 7 N–H and O–H groups in total. The van der Waals surface area contributed by atoms with E-state index in [9.17, 15) is 19.2 Å². The summed E-state index contributed by atoms with van der Waals surface area (Å²) < 4.78 is 59.7. The first-order valence-corrected chi connectivity index (χ1v) is 35.1. The molecule has 0 unspecified atom stereocenters. The van der Waals surface area contributed by atoms with E-state index in [4.69, 9.17) is 54.6 Å². The number of nitrogens with one attached hydrogen (secondary N) is 1. The number of methoxy groups -OCH3 is 2. The number of aromatic nitrogens is 4. The van der Waals surface area contributed by atoms with Gasteiger partial charge in [0.15, 0.2) is 0 Å². The van der Waals surface area contributed by atoms with E-state index in [2.05, 4.69) is 125 Å². The Kier molecular flexibility index (Phi) is 26.9. The number of nitrogens with zero attached hydrogens (tertiary/aromatic N) is 5. The molecule has 0 spiro atoms. The first-order chi connectivity index (χ1) is 45.3. The topological polar surface area (TPSA) is 283 Å². The van der Waals surface area contributed by atoms with E-state index >= 15 is 0 Å². The second kappa shape index (κ2) is 33.9. The number of allylic oxidation sites excluding steroid dienone is 1. The normalized spacial score (nSPS) is 15.7. The van der Waals surface area contributed by atoms with Crippen molar-refractivity contribution in [3.8, 4) is 11.1 Å². The molecule has 20 nitrogen and oxygen atoms in total. The van der Waals surface area contributed by atoms with Crippen molar-refractivity contribution >= 4 is 138 Å². The third-order valence-electron chi connectivity index (χ3n) is 16.4. The molecule has 0 atom stereocenters. The van der Waals surface area contributed by atoms with Crippen LogP contribution >= 0.6 is 59.4 Å². The lowest BCUT2D eigenvalue weighted by Crippen LogP contribution is -2.41. The number of ether oxygens (including phenoxy) is 2. The lowest BCUT2D eigenvalue weighted by molar-refractivity contribution is -0.114. The van der Waals surface area contributed by atoms with Crippen molar-refractivity contribution in [3.63, 3.8) is 0 Å². The van der Waals surface area contributed by atoms with Crippen molar-refractivity contribution in [1.82, 2.24) is 19.1 Å². The number of fused-ring (bicyclic) bond motifs is 2. The summed E-state index contributed by atoms with van der Waals surface area (Å²) in [6.45, 7) is 16.4. The fraction of sp³-hybridized carbons (Fsp3) is 0.343. The summed E-state index contributed by atoms with van der Waals surface area (Å²) >= 11 is 15.4. The van der Waals surface area contributed by atoms with E-state index in [-0.39, 0.29) is 35.3 Å². The van der Waals surface area contributed by atoms with Gasteiger partial charge in [0.1, 0.15) is 11.6 Å². The third kappa shape index (κ3) is 21.7.